The number of halogens is 1. The average Bonchev–Trinajstić information content (AvgIpc) is 2.65. The molecule has 1 aromatic heterocycles. The number of hydrogen-bond acceptors (Lipinski definition) is 7. The number of aryl methyl sites for hydroxylation is 1. The molecule has 3 rings (SSSR count). The van der Waals surface area contributed by atoms with Gasteiger partial charge in [0.2, 0.25) is 5.82 Å². The minimum Gasteiger partial charge on any atom is -0.497 e. The van der Waals surface area contributed by atoms with Crippen molar-refractivity contribution in [3.05, 3.63) is 69.5 Å². The van der Waals surface area contributed by atoms with Gasteiger partial charge in [-0.05, 0) is 48.9 Å². The third-order valence-electron chi connectivity index (χ3n) is 3.70. The van der Waals surface area contributed by atoms with Crippen LogP contribution in [0.2, 0.25) is 5.02 Å². The quantitative estimate of drug-likeness (QED) is 0.475. The molecular formula is C18H15ClN4O4. The summed E-state index contributed by atoms with van der Waals surface area (Å²) in [5.41, 5.74) is 1.07. The molecule has 0 aliphatic carbocycles. The second-order valence-electron chi connectivity index (χ2n) is 5.49. The molecular weight excluding hydrogens is 372 g/mol. The van der Waals surface area contributed by atoms with Crippen molar-refractivity contribution >= 4 is 28.8 Å². The Morgan fingerprint density at radius 2 is 1.81 bits per heavy atom. The van der Waals surface area contributed by atoms with E-state index in [4.69, 9.17) is 21.1 Å². The SMILES string of the molecule is COc1ccc(Oc2ncnc(Nc3cc(Cl)ccc3C)c2[N+](=O)[O-])cc1. The molecule has 0 radical (unpaired) electrons. The summed E-state index contributed by atoms with van der Waals surface area (Å²) in [7, 11) is 1.54. The summed E-state index contributed by atoms with van der Waals surface area (Å²) in [6.45, 7) is 1.85. The molecule has 0 aliphatic rings. The molecule has 138 valence electrons. The van der Waals surface area contributed by atoms with Crippen LogP contribution in [-0.2, 0) is 0 Å². The lowest BCUT2D eigenvalue weighted by Gasteiger charge is -2.11. The molecule has 0 saturated carbocycles. The Labute approximate surface area is 159 Å². The number of aromatic nitrogens is 2. The first-order valence-electron chi connectivity index (χ1n) is 7.82. The van der Waals surface area contributed by atoms with Gasteiger partial charge < -0.3 is 14.8 Å². The van der Waals surface area contributed by atoms with Gasteiger partial charge in [-0.1, -0.05) is 17.7 Å². The van der Waals surface area contributed by atoms with E-state index in [0.29, 0.717) is 22.2 Å². The molecule has 27 heavy (non-hydrogen) atoms. The first-order valence-corrected chi connectivity index (χ1v) is 8.20. The number of ether oxygens (including phenoxy) is 2. The summed E-state index contributed by atoms with van der Waals surface area (Å²) in [5, 5.41) is 15.1. The Morgan fingerprint density at radius 1 is 1.11 bits per heavy atom. The summed E-state index contributed by atoms with van der Waals surface area (Å²) in [5.74, 6) is 0.840. The van der Waals surface area contributed by atoms with Crippen LogP contribution in [0.1, 0.15) is 5.56 Å². The zero-order chi connectivity index (χ0) is 19.4. The number of hydrogen-bond donors (Lipinski definition) is 1. The fourth-order valence-corrected chi connectivity index (χ4v) is 2.48. The number of nitrogens with zero attached hydrogens (tertiary/aromatic N) is 3. The smallest absolute Gasteiger partial charge is 0.373 e. The van der Waals surface area contributed by atoms with Gasteiger partial charge in [0.15, 0.2) is 0 Å². The standard InChI is InChI=1S/C18H15ClN4O4/c1-11-3-4-12(19)9-15(11)22-17-16(23(24)25)18(21-10-20-17)27-14-7-5-13(26-2)6-8-14/h3-10H,1-2H3,(H,20,21,22). The number of methoxy groups -OCH3 is 1. The molecule has 0 atom stereocenters. The van der Waals surface area contributed by atoms with Crippen molar-refractivity contribution in [2.45, 2.75) is 6.92 Å². The molecule has 0 bridgehead atoms. The van der Waals surface area contributed by atoms with Crippen LogP contribution in [-0.4, -0.2) is 22.0 Å². The third-order valence-corrected chi connectivity index (χ3v) is 3.93. The van der Waals surface area contributed by atoms with Gasteiger partial charge >= 0.3 is 11.6 Å². The monoisotopic (exact) mass is 386 g/mol. The highest BCUT2D eigenvalue weighted by atomic mass is 35.5. The number of benzene rings is 2. The molecule has 0 fully saturated rings. The van der Waals surface area contributed by atoms with Crippen LogP contribution < -0.4 is 14.8 Å². The van der Waals surface area contributed by atoms with E-state index in [2.05, 4.69) is 15.3 Å². The van der Waals surface area contributed by atoms with Crippen molar-refractivity contribution < 1.29 is 14.4 Å². The Hall–Kier alpha value is -3.39. The van der Waals surface area contributed by atoms with Gasteiger partial charge in [-0.15, -0.1) is 0 Å². The molecule has 1 N–H and O–H groups in total. The van der Waals surface area contributed by atoms with E-state index in [9.17, 15) is 10.1 Å². The van der Waals surface area contributed by atoms with Crippen LogP contribution in [0.15, 0.2) is 48.8 Å². The molecule has 8 nitrogen and oxygen atoms in total. The molecule has 0 spiro atoms. The van der Waals surface area contributed by atoms with Crippen molar-refractivity contribution in [3.8, 4) is 17.4 Å². The van der Waals surface area contributed by atoms with Crippen molar-refractivity contribution in [2.75, 3.05) is 12.4 Å². The average molecular weight is 387 g/mol. The summed E-state index contributed by atoms with van der Waals surface area (Å²) in [4.78, 5) is 18.9. The summed E-state index contributed by atoms with van der Waals surface area (Å²) in [6, 6.07) is 11.8. The van der Waals surface area contributed by atoms with Crippen molar-refractivity contribution in [1.82, 2.24) is 9.97 Å². The summed E-state index contributed by atoms with van der Waals surface area (Å²) < 4.78 is 10.7. The number of anilines is 2. The molecule has 0 amide bonds. The molecule has 0 aliphatic heterocycles. The Balaban J connectivity index is 1.96. The lowest BCUT2D eigenvalue weighted by Crippen LogP contribution is -2.04. The highest BCUT2D eigenvalue weighted by Gasteiger charge is 2.25. The van der Waals surface area contributed by atoms with Gasteiger partial charge in [0.1, 0.15) is 17.8 Å². The van der Waals surface area contributed by atoms with Crippen LogP contribution in [0.3, 0.4) is 0 Å². The first kappa shape index (κ1) is 18.4. The van der Waals surface area contributed by atoms with Gasteiger partial charge in [0.05, 0.1) is 12.0 Å². The van der Waals surface area contributed by atoms with E-state index < -0.39 is 4.92 Å². The van der Waals surface area contributed by atoms with Crippen LogP contribution >= 0.6 is 11.6 Å². The second-order valence-corrected chi connectivity index (χ2v) is 5.93. The van der Waals surface area contributed by atoms with E-state index in [0.717, 1.165) is 5.56 Å². The van der Waals surface area contributed by atoms with E-state index in [1.165, 1.54) is 6.33 Å². The maximum absolute atomic E-state index is 11.6. The van der Waals surface area contributed by atoms with Crippen LogP contribution in [0.5, 0.6) is 17.4 Å². The van der Waals surface area contributed by atoms with Gasteiger partial charge in [0, 0.05) is 10.7 Å². The first-order chi connectivity index (χ1) is 13.0. The number of nitrogens with one attached hydrogen (secondary N) is 1. The van der Waals surface area contributed by atoms with Gasteiger partial charge in [-0.25, -0.2) is 4.98 Å². The summed E-state index contributed by atoms with van der Waals surface area (Å²) >= 11 is 6.01. The highest BCUT2D eigenvalue weighted by Crippen LogP contribution is 2.36. The molecule has 2 aromatic carbocycles. The zero-order valence-corrected chi connectivity index (χ0v) is 15.2. The minimum atomic E-state index is -0.596. The lowest BCUT2D eigenvalue weighted by molar-refractivity contribution is -0.385. The van der Waals surface area contributed by atoms with E-state index in [1.54, 1.807) is 49.6 Å². The highest BCUT2D eigenvalue weighted by molar-refractivity contribution is 6.30. The van der Waals surface area contributed by atoms with Gasteiger partial charge in [-0.3, -0.25) is 10.1 Å². The minimum absolute atomic E-state index is 0.00359. The number of nitro groups is 1. The molecule has 9 heteroatoms. The van der Waals surface area contributed by atoms with Crippen LogP contribution in [0.4, 0.5) is 17.2 Å². The topological polar surface area (TPSA) is 99.4 Å². The fourth-order valence-electron chi connectivity index (χ4n) is 2.31. The van der Waals surface area contributed by atoms with Crippen molar-refractivity contribution in [1.29, 1.82) is 0 Å². The molecule has 1 heterocycles. The molecule has 0 saturated heterocycles. The van der Waals surface area contributed by atoms with Crippen LogP contribution in [0, 0.1) is 17.0 Å². The van der Waals surface area contributed by atoms with E-state index in [1.807, 2.05) is 6.92 Å². The third kappa shape index (κ3) is 4.24. The maximum atomic E-state index is 11.6. The Morgan fingerprint density at radius 3 is 2.48 bits per heavy atom. The predicted molar refractivity (Wildman–Crippen MR) is 101 cm³/mol. The van der Waals surface area contributed by atoms with E-state index in [-0.39, 0.29) is 17.4 Å². The molecule has 0 unspecified atom stereocenters. The van der Waals surface area contributed by atoms with Crippen molar-refractivity contribution in [2.24, 2.45) is 0 Å². The van der Waals surface area contributed by atoms with E-state index >= 15 is 0 Å². The predicted octanol–water partition coefficient (Wildman–Crippen LogP) is 4.89. The molecule has 3 aromatic rings. The van der Waals surface area contributed by atoms with Gasteiger partial charge in [0.25, 0.3) is 0 Å². The van der Waals surface area contributed by atoms with Crippen LogP contribution in [0.25, 0.3) is 0 Å². The lowest BCUT2D eigenvalue weighted by atomic mass is 10.2. The summed E-state index contributed by atoms with van der Waals surface area (Å²) in [6.07, 6.45) is 1.19. The zero-order valence-electron chi connectivity index (χ0n) is 14.5. The fraction of sp³-hybridized carbons (Fsp3) is 0.111. The normalized spacial score (nSPS) is 10.3. The Bertz CT molecular complexity index is 980. The largest absolute Gasteiger partial charge is 0.497 e. The second kappa shape index (κ2) is 7.88. The van der Waals surface area contributed by atoms with Gasteiger partial charge in [-0.2, -0.15) is 4.98 Å². The maximum Gasteiger partial charge on any atom is 0.373 e. The van der Waals surface area contributed by atoms with Crippen molar-refractivity contribution in [3.63, 3.8) is 0 Å². The number of rotatable bonds is 6. The Kier molecular flexibility index (Phi) is 5.37.